The van der Waals surface area contributed by atoms with Gasteiger partial charge in [-0.05, 0) is 35.2 Å². The fraction of sp³-hybridized carbons (Fsp3) is 0.294. The van der Waals surface area contributed by atoms with Crippen molar-refractivity contribution in [2.45, 2.75) is 25.8 Å². The summed E-state index contributed by atoms with van der Waals surface area (Å²) in [6, 6.07) is 13.4. The van der Waals surface area contributed by atoms with Crippen LogP contribution in [0.3, 0.4) is 0 Å². The average Bonchev–Trinajstić information content (AvgIpc) is 2.47. The van der Waals surface area contributed by atoms with E-state index in [-0.39, 0.29) is 12.4 Å². The van der Waals surface area contributed by atoms with Gasteiger partial charge in [0.05, 0.1) is 12.4 Å². The van der Waals surface area contributed by atoms with E-state index in [1.807, 2.05) is 49.4 Å². The smallest absolute Gasteiger partial charge is 0.151 e. The fourth-order valence-electron chi connectivity index (χ4n) is 2.27. The second-order valence-electron chi connectivity index (χ2n) is 5.49. The van der Waals surface area contributed by atoms with Crippen LogP contribution in [0.15, 0.2) is 42.5 Å². The minimum absolute atomic E-state index is 0.0420. The SMILES string of the molecule is Cc1c(CS(C)(=O)=O)cccc1NCc1ccc(CO)cc1. The molecule has 2 rings (SSSR count). The third-order valence-corrected chi connectivity index (χ3v) is 4.39. The zero-order valence-corrected chi connectivity index (χ0v) is 13.7. The van der Waals surface area contributed by atoms with Gasteiger partial charge in [-0.1, -0.05) is 36.4 Å². The number of aliphatic hydroxyl groups excluding tert-OH is 1. The Morgan fingerprint density at radius 2 is 1.68 bits per heavy atom. The summed E-state index contributed by atoms with van der Waals surface area (Å²) in [6.45, 7) is 2.62. The molecule has 0 bridgehead atoms. The van der Waals surface area contributed by atoms with Crippen molar-refractivity contribution >= 4 is 15.5 Å². The Bertz CT molecular complexity index is 737. The van der Waals surface area contributed by atoms with Crippen molar-refractivity contribution in [3.05, 3.63) is 64.7 Å². The maximum absolute atomic E-state index is 11.5. The molecule has 2 aromatic carbocycles. The highest BCUT2D eigenvalue weighted by molar-refractivity contribution is 7.89. The molecule has 118 valence electrons. The van der Waals surface area contributed by atoms with E-state index in [4.69, 9.17) is 5.11 Å². The van der Waals surface area contributed by atoms with E-state index in [9.17, 15) is 8.42 Å². The highest BCUT2D eigenvalue weighted by Gasteiger charge is 2.09. The Balaban J connectivity index is 2.10. The lowest BCUT2D eigenvalue weighted by atomic mass is 10.1. The predicted octanol–water partition coefficient (Wildman–Crippen LogP) is 2.64. The van der Waals surface area contributed by atoms with Crippen LogP contribution >= 0.6 is 0 Å². The quantitative estimate of drug-likeness (QED) is 0.859. The van der Waals surface area contributed by atoms with Gasteiger partial charge in [0.15, 0.2) is 9.84 Å². The van der Waals surface area contributed by atoms with Crippen molar-refractivity contribution in [1.29, 1.82) is 0 Å². The van der Waals surface area contributed by atoms with Crippen molar-refractivity contribution in [3.8, 4) is 0 Å². The molecular weight excluding hydrogens is 298 g/mol. The lowest BCUT2D eigenvalue weighted by Crippen LogP contribution is -2.06. The Kier molecular flexibility index (Phi) is 5.21. The summed E-state index contributed by atoms with van der Waals surface area (Å²) < 4.78 is 22.9. The van der Waals surface area contributed by atoms with Crippen molar-refractivity contribution in [2.24, 2.45) is 0 Å². The summed E-state index contributed by atoms with van der Waals surface area (Å²) in [5.41, 5.74) is 4.70. The van der Waals surface area contributed by atoms with Gasteiger partial charge in [0.25, 0.3) is 0 Å². The summed E-state index contributed by atoms with van der Waals surface area (Å²) in [7, 11) is -3.04. The van der Waals surface area contributed by atoms with Gasteiger partial charge in [-0.25, -0.2) is 8.42 Å². The van der Waals surface area contributed by atoms with E-state index < -0.39 is 9.84 Å². The second-order valence-corrected chi connectivity index (χ2v) is 7.63. The highest BCUT2D eigenvalue weighted by Crippen LogP contribution is 2.21. The summed E-state index contributed by atoms with van der Waals surface area (Å²) in [5, 5.41) is 12.4. The summed E-state index contributed by atoms with van der Waals surface area (Å²) in [5.74, 6) is 0.0551. The van der Waals surface area contributed by atoms with Crippen molar-refractivity contribution in [3.63, 3.8) is 0 Å². The Labute approximate surface area is 131 Å². The van der Waals surface area contributed by atoms with Crippen LogP contribution in [0.4, 0.5) is 5.69 Å². The molecule has 0 saturated heterocycles. The van der Waals surface area contributed by atoms with Crippen LogP contribution in [0.5, 0.6) is 0 Å². The molecule has 0 unspecified atom stereocenters. The molecule has 2 N–H and O–H groups in total. The lowest BCUT2D eigenvalue weighted by Gasteiger charge is -2.13. The lowest BCUT2D eigenvalue weighted by molar-refractivity contribution is 0.282. The van der Waals surface area contributed by atoms with E-state index in [1.165, 1.54) is 6.26 Å². The molecule has 0 radical (unpaired) electrons. The van der Waals surface area contributed by atoms with Crippen LogP contribution in [-0.4, -0.2) is 19.8 Å². The largest absolute Gasteiger partial charge is 0.392 e. The number of nitrogens with one attached hydrogen (secondary N) is 1. The van der Waals surface area contributed by atoms with Crippen LogP contribution in [0.1, 0.15) is 22.3 Å². The molecule has 2 aromatic rings. The highest BCUT2D eigenvalue weighted by atomic mass is 32.2. The first-order chi connectivity index (χ1) is 10.4. The molecule has 0 aliphatic heterocycles. The zero-order chi connectivity index (χ0) is 16.2. The second kappa shape index (κ2) is 6.94. The number of hydrogen-bond donors (Lipinski definition) is 2. The standard InChI is InChI=1S/C17H21NO3S/c1-13-16(12-22(2,20)21)4-3-5-17(13)18-10-14-6-8-15(11-19)9-7-14/h3-9,18-19H,10-12H2,1-2H3. The molecule has 0 atom stereocenters. The maximum atomic E-state index is 11.5. The summed E-state index contributed by atoms with van der Waals surface area (Å²) >= 11 is 0. The van der Waals surface area contributed by atoms with E-state index in [0.29, 0.717) is 6.54 Å². The first-order valence-electron chi connectivity index (χ1n) is 7.08. The normalized spacial score (nSPS) is 11.4. The van der Waals surface area contributed by atoms with Crippen LogP contribution in [0.2, 0.25) is 0 Å². The molecule has 0 aliphatic rings. The molecule has 0 saturated carbocycles. The molecule has 22 heavy (non-hydrogen) atoms. The predicted molar refractivity (Wildman–Crippen MR) is 89.4 cm³/mol. The maximum Gasteiger partial charge on any atom is 0.151 e. The van der Waals surface area contributed by atoms with Crippen LogP contribution in [0.25, 0.3) is 0 Å². The molecule has 5 heteroatoms. The minimum Gasteiger partial charge on any atom is -0.392 e. The van der Waals surface area contributed by atoms with Crippen LogP contribution in [-0.2, 0) is 28.7 Å². The number of rotatable bonds is 6. The fourth-order valence-corrected chi connectivity index (χ4v) is 3.15. The molecule has 0 aliphatic carbocycles. The van der Waals surface area contributed by atoms with E-state index in [2.05, 4.69) is 5.32 Å². The minimum atomic E-state index is -3.04. The molecule has 0 fully saturated rings. The van der Waals surface area contributed by atoms with Crippen LogP contribution in [0, 0.1) is 6.92 Å². The number of aliphatic hydroxyl groups is 1. The third kappa shape index (κ3) is 4.58. The molecular formula is C17H21NO3S. The van der Waals surface area contributed by atoms with Gasteiger partial charge < -0.3 is 10.4 Å². The van der Waals surface area contributed by atoms with Crippen LogP contribution < -0.4 is 5.32 Å². The van der Waals surface area contributed by atoms with Gasteiger partial charge in [0, 0.05) is 18.5 Å². The number of benzene rings is 2. The summed E-state index contributed by atoms with van der Waals surface area (Å²) in [6.07, 6.45) is 1.25. The monoisotopic (exact) mass is 319 g/mol. The van der Waals surface area contributed by atoms with Gasteiger partial charge in [0.1, 0.15) is 0 Å². The van der Waals surface area contributed by atoms with E-state index in [0.717, 1.165) is 27.9 Å². The Morgan fingerprint density at radius 3 is 2.27 bits per heavy atom. The molecule has 4 nitrogen and oxygen atoms in total. The summed E-state index contributed by atoms with van der Waals surface area (Å²) in [4.78, 5) is 0. The van der Waals surface area contributed by atoms with E-state index >= 15 is 0 Å². The first kappa shape index (κ1) is 16.5. The van der Waals surface area contributed by atoms with Gasteiger partial charge >= 0.3 is 0 Å². The zero-order valence-electron chi connectivity index (χ0n) is 12.8. The topological polar surface area (TPSA) is 66.4 Å². The van der Waals surface area contributed by atoms with Crippen molar-refractivity contribution in [1.82, 2.24) is 0 Å². The Morgan fingerprint density at radius 1 is 1.05 bits per heavy atom. The van der Waals surface area contributed by atoms with Gasteiger partial charge in [0.2, 0.25) is 0 Å². The molecule has 0 amide bonds. The van der Waals surface area contributed by atoms with Gasteiger partial charge in [-0.3, -0.25) is 0 Å². The molecule has 0 spiro atoms. The molecule has 0 aromatic heterocycles. The van der Waals surface area contributed by atoms with E-state index in [1.54, 1.807) is 0 Å². The molecule has 0 heterocycles. The number of hydrogen-bond acceptors (Lipinski definition) is 4. The number of sulfone groups is 1. The number of anilines is 1. The average molecular weight is 319 g/mol. The van der Waals surface area contributed by atoms with Gasteiger partial charge in [-0.15, -0.1) is 0 Å². The van der Waals surface area contributed by atoms with Crippen molar-refractivity contribution < 1.29 is 13.5 Å². The Hall–Kier alpha value is -1.85. The third-order valence-electron chi connectivity index (χ3n) is 3.55. The first-order valence-corrected chi connectivity index (χ1v) is 9.14. The van der Waals surface area contributed by atoms with Crippen molar-refractivity contribution in [2.75, 3.05) is 11.6 Å². The van der Waals surface area contributed by atoms with Gasteiger partial charge in [-0.2, -0.15) is 0 Å².